The van der Waals surface area contributed by atoms with Gasteiger partial charge in [-0.2, -0.15) is 4.72 Å². The predicted octanol–water partition coefficient (Wildman–Crippen LogP) is 3.68. The van der Waals surface area contributed by atoms with E-state index >= 15 is 0 Å². The summed E-state index contributed by atoms with van der Waals surface area (Å²) in [6.45, 7) is 3.85. The second-order valence-electron chi connectivity index (χ2n) is 7.39. The first kappa shape index (κ1) is 22.5. The van der Waals surface area contributed by atoms with Crippen LogP contribution in [0.25, 0.3) is 11.3 Å². The monoisotopic (exact) mass is 443 g/mol. The fourth-order valence-electron chi connectivity index (χ4n) is 3.09. The number of nitrogens with one attached hydrogen (secondary N) is 2. The lowest BCUT2D eigenvalue weighted by Crippen LogP contribution is -2.44. The molecule has 0 aliphatic rings. The third-order valence-corrected chi connectivity index (χ3v) is 6.03. The van der Waals surface area contributed by atoms with Crippen LogP contribution < -0.4 is 14.8 Å². The molecule has 0 aliphatic heterocycles. The first-order chi connectivity index (χ1) is 14.8. The summed E-state index contributed by atoms with van der Waals surface area (Å²) in [5.74, 6) is 0.656. The van der Waals surface area contributed by atoms with Gasteiger partial charge in [0.15, 0.2) is 12.2 Å². The molecule has 1 heterocycles. The van der Waals surface area contributed by atoms with Crippen LogP contribution in [0.2, 0.25) is 0 Å². The van der Waals surface area contributed by atoms with E-state index in [0.29, 0.717) is 29.2 Å². The number of aromatic nitrogens is 1. The Hall–Kier alpha value is -3.17. The topological polar surface area (TPSA) is 111 Å². The Morgan fingerprint density at radius 1 is 1.16 bits per heavy atom. The number of hydrogen-bond donors (Lipinski definition) is 2. The van der Waals surface area contributed by atoms with E-state index in [4.69, 9.17) is 9.15 Å². The zero-order valence-corrected chi connectivity index (χ0v) is 18.3. The van der Waals surface area contributed by atoms with Gasteiger partial charge in [-0.25, -0.2) is 13.4 Å². The molecule has 1 amide bonds. The SMILES string of the molecule is COc1cc(NC(=O)C(CC(C)C)NS(=O)(=O)c2ccccc2)ccc1-c1cnco1. The lowest BCUT2D eigenvalue weighted by molar-refractivity contribution is -0.118. The maximum atomic E-state index is 13.0. The van der Waals surface area contributed by atoms with E-state index in [9.17, 15) is 13.2 Å². The molecule has 3 rings (SSSR count). The molecule has 9 heteroatoms. The van der Waals surface area contributed by atoms with E-state index in [0.717, 1.165) is 0 Å². The number of rotatable bonds is 9. The molecular formula is C22H25N3O5S. The molecule has 164 valence electrons. The van der Waals surface area contributed by atoms with Crippen LogP contribution in [-0.2, 0) is 14.8 Å². The zero-order chi connectivity index (χ0) is 22.4. The normalized spacial score (nSPS) is 12.5. The summed E-state index contributed by atoms with van der Waals surface area (Å²) in [6.07, 6.45) is 3.22. The van der Waals surface area contributed by atoms with Gasteiger partial charge in [0.2, 0.25) is 15.9 Å². The van der Waals surface area contributed by atoms with Crippen molar-refractivity contribution in [1.82, 2.24) is 9.71 Å². The van der Waals surface area contributed by atoms with Crippen LogP contribution in [0.15, 0.2) is 70.4 Å². The molecule has 0 fully saturated rings. The smallest absolute Gasteiger partial charge is 0.242 e. The van der Waals surface area contributed by atoms with Gasteiger partial charge in [-0.15, -0.1) is 0 Å². The van der Waals surface area contributed by atoms with Gasteiger partial charge in [0.05, 0.1) is 23.8 Å². The molecule has 0 saturated heterocycles. The van der Waals surface area contributed by atoms with Crippen molar-refractivity contribution in [2.75, 3.05) is 12.4 Å². The maximum absolute atomic E-state index is 13.0. The van der Waals surface area contributed by atoms with Crippen LogP contribution in [0.5, 0.6) is 5.75 Å². The number of nitrogens with zero attached hydrogens (tertiary/aromatic N) is 1. The Balaban J connectivity index is 1.81. The number of sulfonamides is 1. The molecule has 0 aliphatic carbocycles. The van der Waals surface area contributed by atoms with Crippen molar-refractivity contribution in [3.8, 4) is 17.1 Å². The molecule has 8 nitrogen and oxygen atoms in total. The largest absolute Gasteiger partial charge is 0.496 e. The summed E-state index contributed by atoms with van der Waals surface area (Å²) < 4.78 is 38.7. The Bertz CT molecular complexity index is 1110. The summed E-state index contributed by atoms with van der Waals surface area (Å²) >= 11 is 0. The third-order valence-electron chi connectivity index (χ3n) is 4.54. The summed E-state index contributed by atoms with van der Waals surface area (Å²) in [4.78, 5) is 17.0. The highest BCUT2D eigenvalue weighted by Crippen LogP contribution is 2.32. The van der Waals surface area contributed by atoms with Crippen LogP contribution in [0.1, 0.15) is 20.3 Å². The Labute approximate surface area is 181 Å². The molecule has 1 unspecified atom stereocenters. The molecule has 1 atom stereocenters. The van der Waals surface area contributed by atoms with Gasteiger partial charge in [0, 0.05) is 11.8 Å². The van der Waals surface area contributed by atoms with Crippen molar-refractivity contribution in [3.05, 3.63) is 61.1 Å². The van der Waals surface area contributed by atoms with Crippen LogP contribution in [-0.4, -0.2) is 32.5 Å². The summed E-state index contributed by atoms with van der Waals surface area (Å²) in [5.41, 5.74) is 1.15. The molecule has 0 saturated carbocycles. The molecule has 1 aromatic heterocycles. The highest BCUT2D eigenvalue weighted by molar-refractivity contribution is 7.89. The highest BCUT2D eigenvalue weighted by atomic mass is 32.2. The van der Waals surface area contributed by atoms with E-state index < -0.39 is 22.0 Å². The molecule has 0 radical (unpaired) electrons. The molecule has 0 spiro atoms. The second-order valence-corrected chi connectivity index (χ2v) is 9.10. The second kappa shape index (κ2) is 9.76. The third kappa shape index (κ3) is 5.71. The number of carbonyl (C=O) groups excluding carboxylic acids is 1. The van der Waals surface area contributed by atoms with Crippen molar-refractivity contribution >= 4 is 21.6 Å². The quantitative estimate of drug-likeness (QED) is 0.522. The number of carbonyl (C=O) groups is 1. The standard InChI is InChI=1S/C22H25N3O5S/c1-15(2)11-19(25-31(27,28)17-7-5-4-6-8-17)22(26)24-16-9-10-18(20(12-16)29-3)21-13-23-14-30-21/h4-10,12-15,19,25H,11H2,1-3H3,(H,24,26). The van der Waals surface area contributed by atoms with Gasteiger partial charge in [0.1, 0.15) is 11.8 Å². The fraction of sp³-hybridized carbons (Fsp3) is 0.273. The van der Waals surface area contributed by atoms with Crippen LogP contribution in [0.3, 0.4) is 0 Å². The number of anilines is 1. The Morgan fingerprint density at radius 3 is 2.52 bits per heavy atom. The zero-order valence-electron chi connectivity index (χ0n) is 17.5. The van der Waals surface area contributed by atoms with Gasteiger partial charge in [-0.1, -0.05) is 32.0 Å². The number of ether oxygens (including phenoxy) is 1. The van der Waals surface area contributed by atoms with Crippen LogP contribution >= 0.6 is 0 Å². The number of benzene rings is 2. The number of methoxy groups -OCH3 is 1. The van der Waals surface area contributed by atoms with Crippen molar-refractivity contribution in [2.24, 2.45) is 5.92 Å². The molecule has 3 aromatic rings. The van der Waals surface area contributed by atoms with E-state index in [2.05, 4.69) is 15.0 Å². The lowest BCUT2D eigenvalue weighted by atomic mass is 10.0. The van der Waals surface area contributed by atoms with E-state index in [1.54, 1.807) is 42.6 Å². The molecule has 31 heavy (non-hydrogen) atoms. The molecule has 2 aromatic carbocycles. The van der Waals surface area contributed by atoms with Gasteiger partial charge < -0.3 is 14.5 Å². The number of hydrogen-bond acceptors (Lipinski definition) is 6. The van der Waals surface area contributed by atoms with E-state index in [1.165, 1.54) is 25.6 Å². The summed E-state index contributed by atoms with van der Waals surface area (Å²) in [5, 5.41) is 2.78. The lowest BCUT2D eigenvalue weighted by Gasteiger charge is -2.20. The average Bonchev–Trinajstić information content (AvgIpc) is 3.28. The minimum Gasteiger partial charge on any atom is -0.496 e. The van der Waals surface area contributed by atoms with Crippen LogP contribution in [0.4, 0.5) is 5.69 Å². The van der Waals surface area contributed by atoms with Gasteiger partial charge in [-0.3, -0.25) is 4.79 Å². The van der Waals surface area contributed by atoms with Crippen molar-refractivity contribution in [1.29, 1.82) is 0 Å². The average molecular weight is 444 g/mol. The fourth-order valence-corrected chi connectivity index (χ4v) is 4.32. The van der Waals surface area contributed by atoms with E-state index in [1.807, 2.05) is 13.8 Å². The highest BCUT2D eigenvalue weighted by Gasteiger charge is 2.27. The molecule has 2 N–H and O–H groups in total. The molecular weight excluding hydrogens is 418 g/mol. The summed E-state index contributed by atoms with van der Waals surface area (Å²) in [7, 11) is -2.34. The Morgan fingerprint density at radius 2 is 1.90 bits per heavy atom. The van der Waals surface area contributed by atoms with Gasteiger partial charge >= 0.3 is 0 Å². The first-order valence-electron chi connectivity index (χ1n) is 9.75. The maximum Gasteiger partial charge on any atom is 0.242 e. The van der Waals surface area contributed by atoms with Crippen molar-refractivity contribution in [2.45, 2.75) is 31.2 Å². The van der Waals surface area contributed by atoms with Crippen molar-refractivity contribution in [3.63, 3.8) is 0 Å². The Kier molecular flexibility index (Phi) is 7.09. The number of oxazole rings is 1. The van der Waals surface area contributed by atoms with Gasteiger partial charge in [0.25, 0.3) is 0 Å². The van der Waals surface area contributed by atoms with E-state index in [-0.39, 0.29) is 10.8 Å². The van der Waals surface area contributed by atoms with Gasteiger partial charge in [-0.05, 0) is 36.6 Å². The van der Waals surface area contributed by atoms with Crippen molar-refractivity contribution < 1.29 is 22.4 Å². The molecule has 0 bridgehead atoms. The minimum atomic E-state index is -3.85. The van der Waals surface area contributed by atoms with Crippen LogP contribution in [0, 0.1) is 5.92 Å². The minimum absolute atomic E-state index is 0.0950. The summed E-state index contributed by atoms with van der Waals surface area (Å²) in [6, 6.07) is 12.1. The predicted molar refractivity (Wildman–Crippen MR) is 117 cm³/mol. The number of amides is 1. The first-order valence-corrected chi connectivity index (χ1v) is 11.2.